The van der Waals surface area contributed by atoms with Crippen LogP contribution in [0.2, 0.25) is 0 Å². The lowest BCUT2D eigenvalue weighted by Crippen LogP contribution is -2.47. The second kappa shape index (κ2) is 9.48. The van der Waals surface area contributed by atoms with Gasteiger partial charge in [-0.3, -0.25) is 4.79 Å². The number of nitrogens with one attached hydrogen (secondary N) is 2. The van der Waals surface area contributed by atoms with Crippen LogP contribution in [-0.2, 0) is 23.8 Å². The molecule has 0 radical (unpaired) electrons. The Morgan fingerprint density at radius 2 is 1.97 bits per heavy atom. The Kier molecular flexibility index (Phi) is 7.12. The van der Waals surface area contributed by atoms with E-state index in [0.29, 0.717) is 6.54 Å². The molecule has 2 N–H and O–H groups in total. The third-order valence-electron chi connectivity index (χ3n) is 5.57. The van der Waals surface area contributed by atoms with Crippen molar-refractivity contribution >= 4 is 35.8 Å². The number of aromatic nitrogens is 2. The number of carbonyl (C=O) groups is 1. The fourth-order valence-electron chi connectivity index (χ4n) is 4.25. The van der Waals surface area contributed by atoms with E-state index < -0.39 is 17.6 Å². The standard InChI is InChI=1S/C21H23F4N5O.ClH/c1-12(31)26-14-4-3-9-30(11-14)19-15-5-2-6-18(15)28-20(29-19)27-13-7-8-17(22)16(10-13)21(23,24)25;/h7-8,10,14H,2-6,9,11H2,1H3,(H,26,31)(H,27,28,29);1H. The number of benzene rings is 1. The number of amides is 1. The Balaban J connectivity index is 0.00000289. The van der Waals surface area contributed by atoms with Gasteiger partial charge in [-0.05, 0) is 50.3 Å². The SMILES string of the molecule is CC(=O)NC1CCCN(c2nc(Nc3ccc(F)c(C(F)(F)F)c3)nc3c2CCC3)C1.Cl. The maximum Gasteiger partial charge on any atom is 0.419 e. The summed E-state index contributed by atoms with van der Waals surface area (Å²) < 4.78 is 52.7. The highest BCUT2D eigenvalue weighted by Crippen LogP contribution is 2.35. The number of nitrogens with zero attached hydrogens (tertiary/aromatic N) is 3. The molecule has 32 heavy (non-hydrogen) atoms. The molecule has 174 valence electrons. The van der Waals surface area contributed by atoms with E-state index in [4.69, 9.17) is 0 Å². The minimum Gasteiger partial charge on any atom is -0.354 e. The van der Waals surface area contributed by atoms with Crippen molar-refractivity contribution < 1.29 is 22.4 Å². The first kappa shape index (κ1) is 24.0. The van der Waals surface area contributed by atoms with Gasteiger partial charge in [0, 0.05) is 37.3 Å². The molecule has 1 aliphatic carbocycles. The zero-order valence-corrected chi connectivity index (χ0v) is 18.2. The Morgan fingerprint density at radius 1 is 1.19 bits per heavy atom. The van der Waals surface area contributed by atoms with E-state index in [9.17, 15) is 22.4 Å². The smallest absolute Gasteiger partial charge is 0.354 e. The van der Waals surface area contributed by atoms with Gasteiger partial charge in [-0.1, -0.05) is 0 Å². The molecule has 0 bridgehead atoms. The van der Waals surface area contributed by atoms with Crippen LogP contribution in [0.25, 0.3) is 0 Å². The Bertz CT molecular complexity index is 1000. The summed E-state index contributed by atoms with van der Waals surface area (Å²) >= 11 is 0. The highest BCUT2D eigenvalue weighted by atomic mass is 35.5. The van der Waals surface area contributed by atoms with Gasteiger partial charge < -0.3 is 15.5 Å². The van der Waals surface area contributed by atoms with Gasteiger partial charge in [0.2, 0.25) is 11.9 Å². The monoisotopic (exact) mass is 473 g/mol. The summed E-state index contributed by atoms with van der Waals surface area (Å²) in [6.45, 7) is 2.87. The molecule has 0 saturated carbocycles. The Morgan fingerprint density at radius 3 is 2.69 bits per heavy atom. The van der Waals surface area contributed by atoms with Crippen LogP contribution >= 0.6 is 12.4 Å². The van der Waals surface area contributed by atoms with Gasteiger partial charge >= 0.3 is 6.18 Å². The number of rotatable bonds is 4. The number of anilines is 3. The second-order valence-corrected chi connectivity index (χ2v) is 7.95. The molecule has 2 aliphatic rings. The van der Waals surface area contributed by atoms with Crippen LogP contribution in [-0.4, -0.2) is 35.0 Å². The van der Waals surface area contributed by atoms with E-state index in [-0.39, 0.29) is 36.0 Å². The third kappa shape index (κ3) is 5.23. The van der Waals surface area contributed by atoms with Crippen molar-refractivity contribution in [2.24, 2.45) is 0 Å². The van der Waals surface area contributed by atoms with Crippen LogP contribution < -0.4 is 15.5 Å². The van der Waals surface area contributed by atoms with Gasteiger partial charge in [0.15, 0.2) is 0 Å². The molecule has 1 aliphatic heterocycles. The van der Waals surface area contributed by atoms with Crippen LogP contribution in [0.15, 0.2) is 18.2 Å². The quantitative estimate of drug-likeness (QED) is 0.644. The van der Waals surface area contributed by atoms with Crippen LogP contribution in [0.1, 0.15) is 43.0 Å². The highest BCUT2D eigenvalue weighted by molar-refractivity contribution is 5.85. The molecule has 1 fully saturated rings. The largest absolute Gasteiger partial charge is 0.419 e. The molecule has 1 amide bonds. The van der Waals surface area contributed by atoms with Crippen molar-refractivity contribution in [2.75, 3.05) is 23.3 Å². The lowest BCUT2D eigenvalue weighted by atomic mass is 10.0. The normalized spacial score (nSPS) is 18.0. The molecule has 1 atom stereocenters. The molecule has 1 saturated heterocycles. The predicted molar refractivity (Wildman–Crippen MR) is 115 cm³/mol. The summed E-state index contributed by atoms with van der Waals surface area (Å²) in [6.07, 6.45) is -0.499. The highest BCUT2D eigenvalue weighted by Gasteiger charge is 2.34. The fraction of sp³-hybridized carbons (Fsp3) is 0.476. The first-order valence-corrected chi connectivity index (χ1v) is 10.3. The zero-order chi connectivity index (χ0) is 22.2. The molecule has 6 nitrogen and oxygen atoms in total. The first-order valence-electron chi connectivity index (χ1n) is 10.3. The second-order valence-electron chi connectivity index (χ2n) is 7.95. The lowest BCUT2D eigenvalue weighted by Gasteiger charge is -2.35. The Hall–Kier alpha value is -2.62. The summed E-state index contributed by atoms with van der Waals surface area (Å²) in [7, 11) is 0. The van der Waals surface area contributed by atoms with Crippen molar-refractivity contribution in [1.29, 1.82) is 0 Å². The van der Waals surface area contributed by atoms with Crippen molar-refractivity contribution in [2.45, 2.75) is 51.2 Å². The molecule has 2 heterocycles. The van der Waals surface area contributed by atoms with Crippen LogP contribution in [0.4, 0.5) is 35.0 Å². The van der Waals surface area contributed by atoms with Gasteiger partial charge in [0.25, 0.3) is 0 Å². The van der Waals surface area contributed by atoms with Crippen molar-refractivity contribution in [1.82, 2.24) is 15.3 Å². The molecular formula is C21H24ClF4N5O. The lowest BCUT2D eigenvalue weighted by molar-refractivity contribution is -0.140. The number of halogens is 5. The molecule has 1 aromatic carbocycles. The minimum absolute atomic E-state index is 0. The van der Waals surface area contributed by atoms with Crippen LogP contribution in [0.5, 0.6) is 0 Å². The van der Waals surface area contributed by atoms with E-state index in [1.807, 2.05) is 0 Å². The maximum absolute atomic E-state index is 13.6. The average molecular weight is 474 g/mol. The van der Waals surface area contributed by atoms with Crippen molar-refractivity contribution in [3.05, 3.63) is 40.8 Å². The minimum atomic E-state index is -4.79. The summed E-state index contributed by atoms with van der Waals surface area (Å²) in [5.74, 6) is -0.486. The summed E-state index contributed by atoms with van der Waals surface area (Å²) in [5, 5.41) is 5.76. The molecule has 4 rings (SSSR count). The molecule has 1 aromatic heterocycles. The molecular weight excluding hydrogens is 450 g/mol. The number of hydrogen-bond acceptors (Lipinski definition) is 5. The first-order chi connectivity index (χ1) is 14.7. The molecule has 2 aromatic rings. The van der Waals surface area contributed by atoms with E-state index >= 15 is 0 Å². The number of piperidine rings is 1. The topological polar surface area (TPSA) is 70.2 Å². The summed E-state index contributed by atoms with van der Waals surface area (Å²) in [6, 6.07) is 2.75. The zero-order valence-electron chi connectivity index (χ0n) is 17.4. The number of alkyl halides is 3. The molecule has 11 heteroatoms. The van der Waals surface area contributed by atoms with Gasteiger partial charge in [0.05, 0.1) is 11.3 Å². The van der Waals surface area contributed by atoms with E-state index in [1.165, 1.54) is 13.0 Å². The molecule has 1 unspecified atom stereocenters. The van der Waals surface area contributed by atoms with Gasteiger partial charge in [-0.15, -0.1) is 12.4 Å². The van der Waals surface area contributed by atoms with Gasteiger partial charge in [0.1, 0.15) is 11.6 Å². The predicted octanol–water partition coefficient (Wildman–Crippen LogP) is 4.39. The summed E-state index contributed by atoms with van der Waals surface area (Å²) in [4.78, 5) is 22.7. The van der Waals surface area contributed by atoms with Crippen LogP contribution in [0, 0.1) is 5.82 Å². The average Bonchev–Trinajstić information content (AvgIpc) is 3.16. The van der Waals surface area contributed by atoms with E-state index in [1.54, 1.807) is 0 Å². The number of fused-ring (bicyclic) bond motifs is 1. The fourth-order valence-corrected chi connectivity index (χ4v) is 4.25. The molecule has 0 spiro atoms. The number of hydrogen-bond donors (Lipinski definition) is 2. The maximum atomic E-state index is 13.6. The van der Waals surface area contributed by atoms with Gasteiger partial charge in [-0.2, -0.15) is 18.2 Å². The summed E-state index contributed by atoms with van der Waals surface area (Å²) in [5.41, 5.74) is 0.636. The Labute approximate surface area is 189 Å². The number of carbonyl (C=O) groups excluding carboxylic acids is 1. The van der Waals surface area contributed by atoms with E-state index in [2.05, 4.69) is 25.5 Å². The van der Waals surface area contributed by atoms with Gasteiger partial charge in [-0.25, -0.2) is 9.37 Å². The third-order valence-corrected chi connectivity index (χ3v) is 5.57. The van der Waals surface area contributed by atoms with Crippen LogP contribution in [0.3, 0.4) is 0 Å². The number of aryl methyl sites for hydroxylation is 1. The van der Waals surface area contributed by atoms with Crippen molar-refractivity contribution in [3.63, 3.8) is 0 Å². The van der Waals surface area contributed by atoms with E-state index in [0.717, 1.165) is 67.9 Å². The van der Waals surface area contributed by atoms with Crippen molar-refractivity contribution in [3.8, 4) is 0 Å².